The summed E-state index contributed by atoms with van der Waals surface area (Å²) in [4.78, 5) is 19.3. The SMILES string of the molecule is COc1cc(Cl)c(N[C@H]2c3ncccc3C(=O)N2c2ccc(C)cc2)c(OC)c1. The summed E-state index contributed by atoms with van der Waals surface area (Å²) in [7, 11) is 3.12. The van der Waals surface area contributed by atoms with E-state index in [1.54, 1.807) is 49.6 Å². The first-order valence-electron chi connectivity index (χ1n) is 9.06. The van der Waals surface area contributed by atoms with Gasteiger partial charge in [-0.1, -0.05) is 29.3 Å². The molecule has 2 aromatic carbocycles. The molecule has 2 heterocycles. The third-order valence-electron chi connectivity index (χ3n) is 4.88. The number of rotatable bonds is 5. The maximum atomic E-state index is 13.2. The number of ether oxygens (including phenoxy) is 2. The average Bonchev–Trinajstić information content (AvgIpc) is 3.02. The van der Waals surface area contributed by atoms with Gasteiger partial charge in [0.1, 0.15) is 11.5 Å². The average molecular weight is 410 g/mol. The van der Waals surface area contributed by atoms with Crippen LogP contribution in [-0.4, -0.2) is 25.1 Å². The van der Waals surface area contributed by atoms with Crippen LogP contribution in [0.1, 0.15) is 27.8 Å². The maximum absolute atomic E-state index is 13.2. The lowest BCUT2D eigenvalue weighted by molar-refractivity contribution is 0.0993. The number of nitrogens with one attached hydrogen (secondary N) is 1. The lowest BCUT2D eigenvalue weighted by atomic mass is 10.2. The van der Waals surface area contributed by atoms with E-state index in [9.17, 15) is 4.79 Å². The van der Waals surface area contributed by atoms with Crippen molar-refractivity contribution in [2.75, 3.05) is 24.4 Å². The number of carbonyl (C=O) groups excluding carboxylic acids is 1. The minimum absolute atomic E-state index is 0.127. The molecule has 1 amide bonds. The van der Waals surface area contributed by atoms with Crippen LogP contribution in [-0.2, 0) is 0 Å². The van der Waals surface area contributed by atoms with E-state index in [1.165, 1.54) is 0 Å². The van der Waals surface area contributed by atoms with Crippen LogP contribution in [0, 0.1) is 6.92 Å². The molecule has 3 aromatic rings. The molecule has 7 heteroatoms. The fraction of sp³-hybridized carbons (Fsp3) is 0.182. The molecular formula is C22H20ClN3O3. The summed E-state index contributed by atoms with van der Waals surface area (Å²) < 4.78 is 10.8. The fourth-order valence-electron chi connectivity index (χ4n) is 3.40. The number of halogens is 1. The second-order valence-corrected chi connectivity index (χ2v) is 7.09. The zero-order valence-corrected chi connectivity index (χ0v) is 17.0. The molecule has 0 saturated heterocycles. The van der Waals surface area contributed by atoms with Crippen LogP contribution in [0.4, 0.5) is 11.4 Å². The van der Waals surface area contributed by atoms with Crippen molar-refractivity contribution in [1.82, 2.24) is 4.98 Å². The van der Waals surface area contributed by atoms with E-state index in [1.807, 2.05) is 31.2 Å². The predicted molar refractivity (Wildman–Crippen MR) is 113 cm³/mol. The maximum Gasteiger partial charge on any atom is 0.262 e. The number of hydrogen-bond acceptors (Lipinski definition) is 5. The van der Waals surface area contributed by atoms with Gasteiger partial charge in [-0.3, -0.25) is 14.7 Å². The van der Waals surface area contributed by atoms with Gasteiger partial charge in [0.25, 0.3) is 5.91 Å². The van der Waals surface area contributed by atoms with Crippen LogP contribution >= 0.6 is 11.6 Å². The van der Waals surface area contributed by atoms with Crippen LogP contribution < -0.4 is 19.7 Å². The molecule has 1 atom stereocenters. The molecule has 29 heavy (non-hydrogen) atoms. The highest BCUT2D eigenvalue weighted by Crippen LogP contribution is 2.42. The number of carbonyl (C=O) groups is 1. The summed E-state index contributed by atoms with van der Waals surface area (Å²) in [5.41, 5.74) is 3.62. The first-order chi connectivity index (χ1) is 14.0. The Kier molecular flexibility index (Phi) is 5.03. The number of benzene rings is 2. The van der Waals surface area contributed by atoms with Crippen molar-refractivity contribution in [3.63, 3.8) is 0 Å². The van der Waals surface area contributed by atoms with E-state index in [4.69, 9.17) is 21.1 Å². The minimum atomic E-state index is -0.541. The third kappa shape index (κ3) is 3.36. The molecule has 1 aliphatic rings. The zero-order valence-electron chi connectivity index (χ0n) is 16.3. The summed E-state index contributed by atoms with van der Waals surface area (Å²) in [6.45, 7) is 2.00. The number of amides is 1. The van der Waals surface area contributed by atoms with Crippen molar-refractivity contribution in [2.24, 2.45) is 0 Å². The predicted octanol–water partition coefficient (Wildman–Crippen LogP) is 4.83. The Balaban J connectivity index is 1.81. The molecule has 0 spiro atoms. The van der Waals surface area contributed by atoms with Gasteiger partial charge in [0.05, 0.1) is 36.2 Å². The normalized spacial score (nSPS) is 15.2. The highest BCUT2D eigenvalue weighted by Gasteiger charge is 2.39. The van der Waals surface area contributed by atoms with Crippen molar-refractivity contribution >= 4 is 28.9 Å². The number of aromatic nitrogens is 1. The molecule has 1 aromatic heterocycles. The van der Waals surface area contributed by atoms with Crippen molar-refractivity contribution in [1.29, 1.82) is 0 Å². The molecule has 6 nitrogen and oxygen atoms in total. The second kappa shape index (κ2) is 7.64. The lowest BCUT2D eigenvalue weighted by Gasteiger charge is -2.28. The lowest BCUT2D eigenvalue weighted by Crippen LogP contribution is -2.32. The van der Waals surface area contributed by atoms with Gasteiger partial charge >= 0.3 is 0 Å². The Morgan fingerprint density at radius 1 is 1.10 bits per heavy atom. The van der Waals surface area contributed by atoms with Gasteiger partial charge in [0.15, 0.2) is 6.17 Å². The Bertz CT molecular complexity index is 1070. The number of hydrogen-bond donors (Lipinski definition) is 1. The Labute approximate surface area is 174 Å². The first kappa shape index (κ1) is 19.1. The number of methoxy groups -OCH3 is 2. The number of anilines is 2. The number of fused-ring (bicyclic) bond motifs is 1. The summed E-state index contributed by atoms with van der Waals surface area (Å²) in [6, 6.07) is 14.7. The zero-order chi connectivity index (χ0) is 20.5. The van der Waals surface area contributed by atoms with E-state index in [-0.39, 0.29) is 5.91 Å². The first-order valence-corrected chi connectivity index (χ1v) is 9.44. The smallest absolute Gasteiger partial charge is 0.262 e. The quantitative estimate of drug-likeness (QED) is 0.653. The van der Waals surface area contributed by atoms with Gasteiger partial charge in [0, 0.05) is 24.0 Å². The standard InChI is InChI=1S/C22H20ClN3O3/c1-13-6-8-14(9-7-13)26-21(19-16(22(26)27)5-4-10-24-19)25-20-17(23)11-15(28-2)12-18(20)29-3/h4-12,21,25H,1-3H3/t21-/m1/s1. The minimum Gasteiger partial charge on any atom is -0.497 e. The molecule has 0 aliphatic carbocycles. The highest BCUT2D eigenvalue weighted by atomic mass is 35.5. The van der Waals surface area contributed by atoms with Crippen molar-refractivity contribution in [3.8, 4) is 11.5 Å². The molecule has 0 saturated carbocycles. The van der Waals surface area contributed by atoms with Crippen LogP contribution in [0.15, 0.2) is 54.7 Å². The number of nitrogens with zero attached hydrogens (tertiary/aromatic N) is 2. The highest BCUT2D eigenvalue weighted by molar-refractivity contribution is 6.33. The van der Waals surface area contributed by atoms with Gasteiger partial charge in [-0.15, -0.1) is 0 Å². The van der Waals surface area contributed by atoms with Crippen LogP contribution in [0.3, 0.4) is 0 Å². The molecule has 0 radical (unpaired) electrons. The molecule has 0 bridgehead atoms. The molecule has 4 rings (SSSR count). The third-order valence-corrected chi connectivity index (χ3v) is 5.18. The summed E-state index contributed by atoms with van der Waals surface area (Å²) in [5.74, 6) is 0.960. The fourth-order valence-corrected chi connectivity index (χ4v) is 3.66. The molecule has 1 aliphatic heterocycles. The van der Waals surface area contributed by atoms with Crippen molar-refractivity contribution in [2.45, 2.75) is 13.1 Å². The topological polar surface area (TPSA) is 63.7 Å². The number of pyridine rings is 1. The van der Waals surface area contributed by atoms with Gasteiger partial charge in [0.2, 0.25) is 0 Å². The van der Waals surface area contributed by atoms with E-state index >= 15 is 0 Å². The number of aryl methyl sites for hydroxylation is 1. The molecule has 1 N–H and O–H groups in total. The molecule has 148 valence electrons. The molecule has 0 unspecified atom stereocenters. The van der Waals surface area contributed by atoms with Crippen LogP contribution in [0.2, 0.25) is 5.02 Å². The van der Waals surface area contributed by atoms with Crippen molar-refractivity contribution in [3.05, 3.63) is 76.6 Å². The van der Waals surface area contributed by atoms with Crippen LogP contribution in [0.25, 0.3) is 0 Å². The van der Waals surface area contributed by atoms with Gasteiger partial charge in [-0.2, -0.15) is 0 Å². The van der Waals surface area contributed by atoms with Crippen LogP contribution in [0.5, 0.6) is 11.5 Å². The van der Waals surface area contributed by atoms with Crippen molar-refractivity contribution < 1.29 is 14.3 Å². The molecular weight excluding hydrogens is 390 g/mol. The monoisotopic (exact) mass is 409 g/mol. The van der Waals surface area contributed by atoms with E-state index in [2.05, 4.69) is 10.3 Å². The Morgan fingerprint density at radius 2 is 1.86 bits per heavy atom. The van der Waals surface area contributed by atoms with Gasteiger partial charge < -0.3 is 14.8 Å². The summed E-state index contributed by atoms with van der Waals surface area (Å²) in [5, 5.41) is 3.78. The van der Waals surface area contributed by atoms with E-state index in [0.29, 0.717) is 33.5 Å². The van der Waals surface area contributed by atoms with E-state index in [0.717, 1.165) is 11.3 Å². The summed E-state index contributed by atoms with van der Waals surface area (Å²) >= 11 is 6.50. The van der Waals surface area contributed by atoms with Gasteiger partial charge in [-0.25, -0.2) is 0 Å². The largest absolute Gasteiger partial charge is 0.497 e. The second-order valence-electron chi connectivity index (χ2n) is 6.68. The van der Waals surface area contributed by atoms with E-state index < -0.39 is 6.17 Å². The Morgan fingerprint density at radius 3 is 2.55 bits per heavy atom. The summed E-state index contributed by atoms with van der Waals surface area (Å²) in [6.07, 6.45) is 1.13. The van der Waals surface area contributed by atoms with Gasteiger partial charge in [-0.05, 0) is 31.2 Å². The molecule has 0 fully saturated rings. The Hall–Kier alpha value is -3.25.